The van der Waals surface area contributed by atoms with Crippen LogP contribution < -0.4 is 5.32 Å². The summed E-state index contributed by atoms with van der Waals surface area (Å²) in [4.78, 5) is 16.7. The maximum absolute atomic E-state index is 12.0. The van der Waals surface area contributed by atoms with Gasteiger partial charge in [0, 0.05) is 5.38 Å². The molecule has 0 radical (unpaired) electrons. The fourth-order valence-electron chi connectivity index (χ4n) is 1.36. The van der Waals surface area contributed by atoms with E-state index >= 15 is 0 Å². The summed E-state index contributed by atoms with van der Waals surface area (Å²) in [6.07, 6.45) is 1.68. The zero-order valence-electron chi connectivity index (χ0n) is 9.64. The quantitative estimate of drug-likeness (QED) is 0.862. The number of amides is 1. The van der Waals surface area contributed by atoms with E-state index in [4.69, 9.17) is 11.6 Å². The first-order valence-electron chi connectivity index (χ1n) is 5.37. The second-order valence-corrected chi connectivity index (χ2v) is 5.41. The molecule has 0 aliphatic heterocycles. The lowest BCUT2D eigenvalue weighted by atomic mass is 10.2. The van der Waals surface area contributed by atoms with Crippen LogP contribution in [0.1, 0.15) is 34.4 Å². The van der Waals surface area contributed by atoms with Crippen molar-refractivity contribution in [3.8, 4) is 0 Å². The molecule has 96 valence electrons. The molecule has 18 heavy (non-hydrogen) atoms. The van der Waals surface area contributed by atoms with Gasteiger partial charge in [-0.25, -0.2) is 4.98 Å². The first-order chi connectivity index (χ1) is 8.74. The third kappa shape index (κ3) is 3.04. The van der Waals surface area contributed by atoms with Gasteiger partial charge in [0.15, 0.2) is 5.13 Å². The van der Waals surface area contributed by atoms with E-state index in [0.29, 0.717) is 15.9 Å². The zero-order chi connectivity index (χ0) is 13.0. The predicted octanol–water partition coefficient (Wildman–Crippen LogP) is 2.94. The average molecular weight is 303 g/mol. The highest BCUT2D eigenvalue weighted by Crippen LogP contribution is 2.19. The number of aryl methyl sites for hydroxylation is 1. The van der Waals surface area contributed by atoms with Crippen LogP contribution in [0.15, 0.2) is 5.38 Å². The molecule has 0 bridgehead atoms. The molecule has 2 aromatic heterocycles. The Labute approximate surface area is 117 Å². The van der Waals surface area contributed by atoms with Crippen LogP contribution in [0.3, 0.4) is 0 Å². The van der Waals surface area contributed by atoms with Crippen molar-refractivity contribution >= 4 is 45.5 Å². The first-order valence-corrected chi connectivity index (χ1v) is 7.56. The van der Waals surface area contributed by atoms with Crippen molar-refractivity contribution in [3.05, 3.63) is 21.6 Å². The first kappa shape index (κ1) is 13.4. The fourth-order valence-corrected chi connectivity index (χ4v) is 2.90. The Morgan fingerprint density at radius 1 is 1.56 bits per heavy atom. The van der Waals surface area contributed by atoms with Crippen LogP contribution in [0.5, 0.6) is 0 Å². The maximum Gasteiger partial charge on any atom is 0.271 e. The van der Waals surface area contributed by atoms with E-state index in [2.05, 4.69) is 19.9 Å². The molecule has 0 spiro atoms. The summed E-state index contributed by atoms with van der Waals surface area (Å²) < 4.78 is 3.82. The van der Waals surface area contributed by atoms with Gasteiger partial charge in [0.05, 0.1) is 17.3 Å². The number of halogens is 1. The maximum atomic E-state index is 12.0. The third-order valence-corrected chi connectivity index (χ3v) is 4.01. The normalized spacial score (nSPS) is 10.6. The molecule has 0 saturated carbocycles. The molecule has 0 aliphatic rings. The van der Waals surface area contributed by atoms with E-state index in [-0.39, 0.29) is 5.91 Å². The van der Waals surface area contributed by atoms with Crippen LogP contribution in [-0.4, -0.2) is 20.5 Å². The van der Waals surface area contributed by atoms with Gasteiger partial charge in [-0.2, -0.15) is 0 Å². The Balaban J connectivity index is 2.09. The Morgan fingerprint density at radius 2 is 2.39 bits per heavy atom. The molecule has 0 atom stereocenters. The molecule has 8 heteroatoms. The van der Waals surface area contributed by atoms with E-state index in [1.165, 1.54) is 11.3 Å². The number of alkyl halides is 1. The summed E-state index contributed by atoms with van der Waals surface area (Å²) in [6, 6.07) is 0. The van der Waals surface area contributed by atoms with Gasteiger partial charge in [-0.3, -0.25) is 10.1 Å². The van der Waals surface area contributed by atoms with Gasteiger partial charge in [-0.1, -0.05) is 17.8 Å². The number of rotatable bonds is 5. The van der Waals surface area contributed by atoms with Gasteiger partial charge in [-0.15, -0.1) is 28.0 Å². The molecule has 0 fully saturated rings. The molecule has 2 heterocycles. The SMILES string of the molecule is CCCc1nnsc1C(=O)Nc1nc(CCl)cs1. The van der Waals surface area contributed by atoms with E-state index < -0.39 is 0 Å². The number of nitrogens with zero attached hydrogens (tertiary/aromatic N) is 3. The number of carbonyl (C=O) groups is 1. The van der Waals surface area contributed by atoms with E-state index in [9.17, 15) is 4.79 Å². The van der Waals surface area contributed by atoms with Crippen LogP contribution >= 0.6 is 34.5 Å². The molecule has 2 rings (SSSR count). The summed E-state index contributed by atoms with van der Waals surface area (Å²) in [5.41, 5.74) is 1.50. The highest BCUT2D eigenvalue weighted by Gasteiger charge is 2.16. The summed E-state index contributed by atoms with van der Waals surface area (Å²) in [6.45, 7) is 2.04. The van der Waals surface area contributed by atoms with Crippen LogP contribution in [0.4, 0.5) is 5.13 Å². The monoisotopic (exact) mass is 302 g/mol. The summed E-state index contributed by atoms with van der Waals surface area (Å²) in [5.74, 6) is 0.138. The fraction of sp³-hybridized carbons (Fsp3) is 0.400. The van der Waals surface area contributed by atoms with Crippen molar-refractivity contribution in [1.29, 1.82) is 0 Å². The van der Waals surface area contributed by atoms with Crippen LogP contribution in [0.2, 0.25) is 0 Å². The van der Waals surface area contributed by atoms with Gasteiger partial charge in [-0.05, 0) is 18.0 Å². The molecular weight excluding hydrogens is 292 g/mol. The number of hydrogen-bond donors (Lipinski definition) is 1. The van der Waals surface area contributed by atoms with Crippen molar-refractivity contribution in [1.82, 2.24) is 14.6 Å². The highest BCUT2D eigenvalue weighted by molar-refractivity contribution is 7.14. The van der Waals surface area contributed by atoms with Gasteiger partial charge < -0.3 is 0 Å². The summed E-state index contributed by atoms with van der Waals surface area (Å²) >= 11 is 8.12. The number of nitrogens with one attached hydrogen (secondary N) is 1. The lowest BCUT2D eigenvalue weighted by Crippen LogP contribution is -2.12. The minimum atomic E-state index is -0.205. The highest BCUT2D eigenvalue weighted by atomic mass is 35.5. The second kappa shape index (κ2) is 6.21. The molecule has 1 N–H and O–H groups in total. The van der Waals surface area contributed by atoms with Crippen molar-refractivity contribution in [3.63, 3.8) is 0 Å². The minimum absolute atomic E-state index is 0.205. The summed E-state index contributed by atoms with van der Waals surface area (Å²) in [7, 11) is 0. The number of thiazole rings is 1. The van der Waals surface area contributed by atoms with Crippen molar-refractivity contribution < 1.29 is 4.79 Å². The molecule has 2 aromatic rings. The Morgan fingerprint density at radius 3 is 3.06 bits per heavy atom. The summed E-state index contributed by atoms with van der Waals surface area (Å²) in [5, 5.41) is 9.07. The van der Waals surface area contributed by atoms with E-state index in [0.717, 1.165) is 35.8 Å². The van der Waals surface area contributed by atoms with Gasteiger partial charge in [0.1, 0.15) is 4.88 Å². The number of aromatic nitrogens is 3. The standard InChI is InChI=1S/C10H11ClN4OS2/c1-2-3-7-8(18-15-14-7)9(16)13-10-12-6(4-11)5-17-10/h5H,2-4H2,1H3,(H,12,13,16). The molecule has 0 saturated heterocycles. The molecule has 0 unspecified atom stereocenters. The molecule has 0 aromatic carbocycles. The molecular formula is C10H11ClN4OS2. The largest absolute Gasteiger partial charge is 0.297 e. The van der Waals surface area contributed by atoms with Crippen molar-refractivity contribution in [2.45, 2.75) is 25.6 Å². The lowest BCUT2D eigenvalue weighted by molar-refractivity contribution is 0.102. The lowest BCUT2D eigenvalue weighted by Gasteiger charge is -1.99. The van der Waals surface area contributed by atoms with Gasteiger partial charge >= 0.3 is 0 Å². The van der Waals surface area contributed by atoms with Crippen LogP contribution in [-0.2, 0) is 12.3 Å². The Hall–Kier alpha value is -1.05. The molecule has 1 amide bonds. The topological polar surface area (TPSA) is 67.8 Å². The van der Waals surface area contributed by atoms with Gasteiger partial charge in [0.2, 0.25) is 0 Å². The van der Waals surface area contributed by atoms with Crippen LogP contribution in [0.25, 0.3) is 0 Å². The van der Waals surface area contributed by atoms with E-state index in [1.54, 1.807) is 0 Å². The number of carbonyl (C=O) groups excluding carboxylic acids is 1. The zero-order valence-corrected chi connectivity index (χ0v) is 12.0. The smallest absolute Gasteiger partial charge is 0.271 e. The number of hydrogen-bond acceptors (Lipinski definition) is 6. The van der Waals surface area contributed by atoms with Crippen molar-refractivity contribution in [2.75, 3.05) is 5.32 Å². The molecule has 5 nitrogen and oxygen atoms in total. The predicted molar refractivity (Wildman–Crippen MR) is 73.5 cm³/mol. The Bertz CT molecular complexity index is 539. The molecule has 0 aliphatic carbocycles. The Kier molecular flexibility index (Phi) is 4.62. The second-order valence-electron chi connectivity index (χ2n) is 3.53. The minimum Gasteiger partial charge on any atom is -0.297 e. The van der Waals surface area contributed by atoms with Gasteiger partial charge in [0.25, 0.3) is 5.91 Å². The average Bonchev–Trinajstić information content (AvgIpc) is 2.98. The van der Waals surface area contributed by atoms with Crippen LogP contribution in [0, 0.1) is 0 Å². The van der Waals surface area contributed by atoms with Crippen molar-refractivity contribution in [2.24, 2.45) is 0 Å². The third-order valence-electron chi connectivity index (χ3n) is 2.16. The number of anilines is 1. The van der Waals surface area contributed by atoms with E-state index in [1.807, 2.05) is 12.3 Å².